The Morgan fingerprint density at radius 3 is 2.73 bits per heavy atom. The smallest absolute Gasteiger partial charge is 0.211 e. The fourth-order valence-electron chi connectivity index (χ4n) is 0.481. The van der Waals surface area contributed by atoms with Gasteiger partial charge in [-0.3, -0.25) is 0 Å². The first kappa shape index (κ1) is 10.7. The van der Waals surface area contributed by atoms with Gasteiger partial charge in [0, 0.05) is 0 Å². The second kappa shape index (κ2) is 5.37. The lowest BCUT2D eigenvalue weighted by Gasteiger charge is -1.97. The molecular weight excluding hydrogens is 184 g/mol. The molecule has 0 amide bonds. The Kier molecular flexibility index (Phi) is 5.23. The molecule has 11 heavy (non-hydrogen) atoms. The molecule has 4 nitrogen and oxygen atoms in total. The van der Waals surface area contributed by atoms with E-state index in [-0.39, 0.29) is 5.75 Å². The van der Waals surface area contributed by atoms with Crippen LogP contribution in [0.2, 0.25) is 0 Å². The SMILES string of the molecule is CNS(=O)(=O)CCCN=C=S. The highest BCUT2D eigenvalue weighted by Crippen LogP contribution is 1.87. The summed E-state index contributed by atoms with van der Waals surface area (Å²) in [5.41, 5.74) is 0. The minimum Gasteiger partial charge on any atom is -0.233 e. The van der Waals surface area contributed by atoms with E-state index in [9.17, 15) is 8.42 Å². The van der Waals surface area contributed by atoms with E-state index in [1.165, 1.54) is 7.05 Å². The largest absolute Gasteiger partial charge is 0.233 e. The van der Waals surface area contributed by atoms with E-state index in [1.807, 2.05) is 0 Å². The minimum absolute atomic E-state index is 0.0873. The van der Waals surface area contributed by atoms with E-state index < -0.39 is 10.0 Å². The third kappa shape index (κ3) is 6.12. The summed E-state index contributed by atoms with van der Waals surface area (Å²) in [6, 6.07) is 0. The molecule has 0 aromatic heterocycles. The van der Waals surface area contributed by atoms with Crippen LogP contribution in [-0.4, -0.2) is 32.9 Å². The van der Waals surface area contributed by atoms with Gasteiger partial charge >= 0.3 is 0 Å². The van der Waals surface area contributed by atoms with Gasteiger partial charge in [-0.1, -0.05) is 0 Å². The van der Waals surface area contributed by atoms with Gasteiger partial charge in [0.25, 0.3) is 0 Å². The Morgan fingerprint density at radius 2 is 2.27 bits per heavy atom. The number of sulfonamides is 1. The van der Waals surface area contributed by atoms with Gasteiger partial charge in [0.15, 0.2) is 0 Å². The van der Waals surface area contributed by atoms with Crippen molar-refractivity contribution in [2.45, 2.75) is 6.42 Å². The number of thiocarbonyl (C=S) groups is 1. The molecule has 0 spiro atoms. The Morgan fingerprint density at radius 1 is 1.64 bits per heavy atom. The van der Waals surface area contributed by atoms with Gasteiger partial charge in [-0.15, -0.1) is 0 Å². The number of aliphatic imine (C=N–C) groups is 1. The third-order valence-electron chi connectivity index (χ3n) is 1.06. The first-order valence-electron chi connectivity index (χ1n) is 3.07. The molecule has 6 heteroatoms. The van der Waals surface area contributed by atoms with Crippen molar-refractivity contribution in [2.24, 2.45) is 4.99 Å². The van der Waals surface area contributed by atoms with Gasteiger partial charge in [-0.05, 0) is 25.7 Å². The van der Waals surface area contributed by atoms with Crippen molar-refractivity contribution < 1.29 is 8.42 Å². The lowest BCUT2D eigenvalue weighted by atomic mass is 10.5. The number of hydrogen-bond donors (Lipinski definition) is 1. The molecule has 0 aliphatic carbocycles. The highest BCUT2D eigenvalue weighted by atomic mass is 32.2. The van der Waals surface area contributed by atoms with Crippen LogP contribution in [0.1, 0.15) is 6.42 Å². The zero-order valence-corrected chi connectivity index (χ0v) is 7.83. The summed E-state index contributed by atoms with van der Waals surface area (Å²) in [7, 11) is -1.69. The Labute approximate surface area is 71.8 Å². The third-order valence-corrected chi connectivity index (χ3v) is 2.64. The lowest BCUT2D eigenvalue weighted by Crippen LogP contribution is -2.22. The Bertz CT molecular complexity index is 241. The highest BCUT2D eigenvalue weighted by molar-refractivity contribution is 7.89. The number of rotatable bonds is 5. The normalized spacial score (nSPS) is 10.6. The average Bonchev–Trinajstić information content (AvgIpc) is 1.99. The molecule has 0 unspecified atom stereocenters. The summed E-state index contributed by atoms with van der Waals surface area (Å²) in [6.45, 7) is 0.421. The molecule has 0 aliphatic rings. The summed E-state index contributed by atoms with van der Waals surface area (Å²) >= 11 is 4.31. The maximum Gasteiger partial charge on any atom is 0.211 e. The molecule has 0 heterocycles. The van der Waals surface area contributed by atoms with E-state index >= 15 is 0 Å². The zero-order valence-electron chi connectivity index (χ0n) is 6.20. The maximum absolute atomic E-state index is 10.8. The van der Waals surface area contributed by atoms with Crippen LogP contribution in [0.3, 0.4) is 0 Å². The zero-order chi connectivity index (χ0) is 8.74. The van der Waals surface area contributed by atoms with E-state index in [2.05, 4.69) is 27.1 Å². The number of nitrogens with one attached hydrogen (secondary N) is 1. The molecule has 0 radical (unpaired) electrons. The van der Waals surface area contributed by atoms with Crippen LogP contribution < -0.4 is 4.72 Å². The number of nitrogens with zero attached hydrogens (tertiary/aromatic N) is 1. The fraction of sp³-hybridized carbons (Fsp3) is 0.800. The predicted octanol–water partition coefficient (Wildman–Crippen LogP) is 0.0285. The molecule has 0 bridgehead atoms. The second-order valence-electron chi connectivity index (χ2n) is 1.85. The minimum atomic E-state index is -3.07. The number of hydrogen-bond acceptors (Lipinski definition) is 4. The van der Waals surface area contributed by atoms with Crippen molar-refractivity contribution in [1.29, 1.82) is 0 Å². The molecular formula is C5H10N2O2S2. The van der Waals surface area contributed by atoms with Crippen LogP contribution in [-0.2, 0) is 10.0 Å². The van der Waals surface area contributed by atoms with Crippen molar-refractivity contribution in [3.63, 3.8) is 0 Å². The molecule has 0 atom stereocenters. The van der Waals surface area contributed by atoms with Gasteiger partial charge < -0.3 is 0 Å². The van der Waals surface area contributed by atoms with Gasteiger partial charge in [0.2, 0.25) is 10.0 Å². The maximum atomic E-state index is 10.8. The molecule has 0 saturated carbocycles. The van der Waals surface area contributed by atoms with Crippen LogP contribution in [0.15, 0.2) is 4.99 Å². The molecule has 0 aromatic carbocycles. The first-order valence-corrected chi connectivity index (χ1v) is 5.13. The van der Waals surface area contributed by atoms with Gasteiger partial charge in [-0.2, -0.15) is 0 Å². The van der Waals surface area contributed by atoms with E-state index in [0.717, 1.165) is 0 Å². The van der Waals surface area contributed by atoms with Crippen molar-refractivity contribution in [3.05, 3.63) is 0 Å². The highest BCUT2D eigenvalue weighted by Gasteiger charge is 2.04. The first-order chi connectivity index (χ1) is 5.12. The molecule has 64 valence electrons. The lowest BCUT2D eigenvalue weighted by molar-refractivity contribution is 0.586. The van der Waals surface area contributed by atoms with Crippen molar-refractivity contribution in [1.82, 2.24) is 4.72 Å². The quantitative estimate of drug-likeness (QED) is 0.381. The molecule has 0 fully saturated rings. The van der Waals surface area contributed by atoms with Gasteiger partial charge in [-0.25, -0.2) is 18.1 Å². The van der Waals surface area contributed by atoms with Crippen LogP contribution >= 0.6 is 12.2 Å². The molecule has 0 aromatic rings. The van der Waals surface area contributed by atoms with Crippen LogP contribution in [0.4, 0.5) is 0 Å². The Balaban J connectivity index is 3.63. The van der Waals surface area contributed by atoms with Gasteiger partial charge in [0.05, 0.1) is 17.5 Å². The topological polar surface area (TPSA) is 58.5 Å². The standard InChI is InChI=1S/C5H10N2O2S2/c1-6-11(8,9)4-2-3-7-5-10/h6H,2-4H2,1H3. The van der Waals surface area contributed by atoms with Crippen molar-refractivity contribution in [2.75, 3.05) is 19.3 Å². The molecule has 0 aliphatic heterocycles. The molecule has 0 rings (SSSR count). The van der Waals surface area contributed by atoms with Crippen LogP contribution in [0.5, 0.6) is 0 Å². The van der Waals surface area contributed by atoms with E-state index in [0.29, 0.717) is 13.0 Å². The summed E-state index contributed by atoms with van der Waals surface area (Å²) in [5, 5.41) is 2.17. The molecule has 0 saturated heterocycles. The van der Waals surface area contributed by atoms with Crippen LogP contribution in [0, 0.1) is 0 Å². The summed E-state index contributed by atoms with van der Waals surface area (Å²) in [5.74, 6) is 0.0873. The summed E-state index contributed by atoms with van der Waals surface area (Å²) in [6.07, 6.45) is 0.479. The van der Waals surface area contributed by atoms with Crippen molar-refractivity contribution in [3.8, 4) is 0 Å². The molecule has 1 N–H and O–H groups in total. The van der Waals surface area contributed by atoms with Crippen LogP contribution in [0.25, 0.3) is 0 Å². The second-order valence-corrected chi connectivity index (χ2v) is 4.08. The monoisotopic (exact) mass is 194 g/mol. The number of isothiocyanates is 1. The summed E-state index contributed by atoms with van der Waals surface area (Å²) in [4.78, 5) is 3.58. The average molecular weight is 194 g/mol. The predicted molar refractivity (Wildman–Crippen MR) is 47.4 cm³/mol. The van der Waals surface area contributed by atoms with Crippen molar-refractivity contribution >= 4 is 27.4 Å². The summed E-state index contributed by atoms with van der Waals surface area (Å²) < 4.78 is 23.7. The van der Waals surface area contributed by atoms with Gasteiger partial charge in [0.1, 0.15) is 0 Å². The van der Waals surface area contributed by atoms with E-state index in [4.69, 9.17) is 0 Å². The Hall–Kier alpha value is -0.290. The van der Waals surface area contributed by atoms with E-state index in [1.54, 1.807) is 0 Å². The fourth-order valence-corrected chi connectivity index (χ4v) is 1.29.